The van der Waals surface area contributed by atoms with E-state index in [1.165, 1.54) is 37.8 Å². The number of hydrogen-bond acceptors (Lipinski definition) is 0. The molecule has 0 nitrogen and oxygen atoms in total. The molecule has 0 amide bonds. The third kappa shape index (κ3) is 6.24. The summed E-state index contributed by atoms with van der Waals surface area (Å²) in [6.07, 6.45) is 5.39. The summed E-state index contributed by atoms with van der Waals surface area (Å²) in [7, 11) is -1.78. The van der Waals surface area contributed by atoms with Crippen LogP contribution in [0.5, 0.6) is 0 Å². The van der Waals surface area contributed by atoms with Crippen LogP contribution in [0, 0.1) is 0 Å². The van der Waals surface area contributed by atoms with Crippen molar-refractivity contribution in [2.45, 2.75) is 89.6 Å². The largest absolute Gasteiger partial charge is 4.00 e. The van der Waals surface area contributed by atoms with Gasteiger partial charge in [-0.1, -0.05) is 89.6 Å². The Morgan fingerprint density at radius 3 is 1.21 bits per heavy atom. The molecular formula is C24H38Cl2Si2Ti. The van der Waals surface area contributed by atoms with Crippen LogP contribution in [0.2, 0.25) is 36.3 Å². The van der Waals surface area contributed by atoms with E-state index in [-0.39, 0.29) is 46.5 Å². The summed E-state index contributed by atoms with van der Waals surface area (Å²) in [6, 6.07) is 23.6. The van der Waals surface area contributed by atoms with E-state index in [4.69, 9.17) is 0 Å². The minimum absolute atomic E-state index is 0. The van der Waals surface area contributed by atoms with Gasteiger partial charge in [-0.2, -0.15) is 35.4 Å². The van der Waals surface area contributed by atoms with Gasteiger partial charge in [-0.05, 0) is 0 Å². The Labute approximate surface area is 209 Å². The summed E-state index contributed by atoms with van der Waals surface area (Å²) < 4.78 is 0. The Bertz CT molecular complexity index is 628. The second kappa shape index (κ2) is 13.1. The smallest absolute Gasteiger partial charge is 1.00 e. The Hall–Kier alpha value is 0.428. The standard InChI is InChI=1S/2C12H19Si.2ClH.Ti/c2*1-3-11-6-7-12(10-11)13(4-2)8-5-9-13;;;/h2*6-7,10H,3-5,8-9H2,1-2H3;2*1H;/q2*-1;;;+4/p-2. The average molecular weight is 502 g/mol. The topological polar surface area (TPSA) is 0 Å². The van der Waals surface area contributed by atoms with Gasteiger partial charge >= 0.3 is 21.7 Å². The molecule has 29 heavy (non-hydrogen) atoms. The summed E-state index contributed by atoms with van der Waals surface area (Å²) in [5.41, 5.74) is 3.09. The molecular weight excluding hydrogens is 463 g/mol. The van der Waals surface area contributed by atoms with Gasteiger partial charge in [0.2, 0.25) is 0 Å². The van der Waals surface area contributed by atoms with Crippen LogP contribution in [0.4, 0.5) is 0 Å². The molecule has 4 rings (SSSR count). The van der Waals surface area contributed by atoms with Gasteiger partial charge in [0.15, 0.2) is 0 Å². The van der Waals surface area contributed by atoms with Crippen LogP contribution in [-0.2, 0) is 34.6 Å². The molecule has 0 unspecified atom stereocenters. The van der Waals surface area contributed by atoms with E-state index in [2.05, 4.69) is 64.1 Å². The molecule has 0 aromatic heterocycles. The van der Waals surface area contributed by atoms with E-state index in [9.17, 15) is 0 Å². The monoisotopic (exact) mass is 500 g/mol. The molecule has 0 atom stereocenters. The summed E-state index contributed by atoms with van der Waals surface area (Å²) >= 11 is 0. The van der Waals surface area contributed by atoms with Crippen molar-refractivity contribution < 1.29 is 46.5 Å². The summed E-state index contributed by atoms with van der Waals surface area (Å²) in [4.78, 5) is 0. The van der Waals surface area contributed by atoms with Crippen molar-refractivity contribution in [1.29, 1.82) is 0 Å². The Kier molecular flexibility index (Phi) is 13.3. The Balaban J connectivity index is 0.000000490. The zero-order valence-corrected chi connectivity index (χ0v) is 23.9. The number of halogens is 2. The quantitative estimate of drug-likeness (QED) is 0.389. The minimum atomic E-state index is -0.888. The molecule has 2 aliphatic rings. The molecule has 2 heterocycles. The van der Waals surface area contributed by atoms with Crippen LogP contribution in [-0.4, -0.2) is 16.1 Å². The normalized spacial score (nSPS) is 17.8. The van der Waals surface area contributed by atoms with Gasteiger partial charge in [0.05, 0.1) is 0 Å². The predicted octanol–water partition coefficient (Wildman–Crippen LogP) is 0.100. The summed E-state index contributed by atoms with van der Waals surface area (Å²) in [5, 5.41) is 3.50. The SMILES string of the molecule is CC[c-]1ccc([Si]2(CC)CCC2)c1.CC[c-]1ccc([Si]2(CC)CCC2)c1.[Cl-].[Cl-].[Ti+4]. The number of rotatable bonds is 6. The minimum Gasteiger partial charge on any atom is -1.00 e. The first-order valence-electron chi connectivity index (χ1n) is 11.1. The zero-order chi connectivity index (χ0) is 18.6. The molecule has 0 N–H and O–H groups in total. The van der Waals surface area contributed by atoms with Crippen LogP contribution in [0.15, 0.2) is 36.4 Å². The van der Waals surface area contributed by atoms with Crippen molar-refractivity contribution >= 4 is 26.5 Å². The summed E-state index contributed by atoms with van der Waals surface area (Å²) in [6.45, 7) is 9.29. The molecule has 2 saturated heterocycles. The van der Waals surface area contributed by atoms with Crippen molar-refractivity contribution in [2.75, 3.05) is 0 Å². The maximum absolute atomic E-state index is 2.48. The maximum atomic E-state index is 2.48. The fourth-order valence-corrected chi connectivity index (χ4v) is 12.6. The average Bonchev–Trinajstić information content (AvgIpc) is 3.24. The first-order chi connectivity index (χ1) is 12.6. The van der Waals surface area contributed by atoms with Crippen molar-refractivity contribution in [3.8, 4) is 0 Å². The Morgan fingerprint density at radius 1 is 0.690 bits per heavy atom. The first kappa shape index (κ1) is 29.4. The number of hydrogen-bond donors (Lipinski definition) is 0. The molecule has 2 aliphatic heterocycles. The molecule has 5 heteroatoms. The fraction of sp³-hybridized carbons (Fsp3) is 0.583. The molecule has 0 bridgehead atoms. The van der Waals surface area contributed by atoms with Gasteiger partial charge < -0.3 is 24.8 Å². The van der Waals surface area contributed by atoms with Crippen LogP contribution < -0.4 is 35.2 Å². The molecule has 2 fully saturated rings. The first-order valence-corrected chi connectivity index (χ1v) is 16.4. The van der Waals surface area contributed by atoms with E-state index in [0.717, 1.165) is 0 Å². The second-order valence-corrected chi connectivity index (χ2v) is 18.4. The summed E-state index contributed by atoms with van der Waals surface area (Å²) in [5.74, 6) is 0. The third-order valence-corrected chi connectivity index (χ3v) is 18.7. The van der Waals surface area contributed by atoms with Crippen LogP contribution in [0.1, 0.15) is 51.7 Å². The van der Waals surface area contributed by atoms with E-state index in [1.807, 2.05) is 0 Å². The van der Waals surface area contributed by atoms with Gasteiger partial charge in [0.1, 0.15) is 0 Å². The van der Waals surface area contributed by atoms with Crippen LogP contribution in [0.25, 0.3) is 0 Å². The molecule has 160 valence electrons. The van der Waals surface area contributed by atoms with E-state index in [0.29, 0.717) is 0 Å². The van der Waals surface area contributed by atoms with Crippen molar-refractivity contribution in [3.05, 3.63) is 47.5 Å². The van der Waals surface area contributed by atoms with Crippen molar-refractivity contribution in [1.82, 2.24) is 0 Å². The van der Waals surface area contributed by atoms with E-state index >= 15 is 0 Å². The maximum Gasteiger partial charge on any atom is 4.00 e. The van der Waals surface area contributed by atoms with Crippen molar-refractivity contribution in [2.24, 2.45) is 0 Å². The van der Waals surface area contributed by atoms with Crippen LogP contribution >= 0.6 is 0 Å². The molecule has 2 aromatic rings. The predicted molar refractivity (Wildman–Crippen MR) is 123 cm³/mol. The Morgan fingerprint density at radius 2 is 1.03 bits per heavy atom. The van der Waals surface area contributed by atoms with Gasteiger partial charge in [-0.15, -0.1) is 0 Å². The van der Waals surface area contributed by atoms with Gasteiger partial charge in [-0.25, -0.2) is 22.5 Å². The fourth-order valence-electron chi connectivity index (χ4n) is 4.98. The zero-order valence-electron chi connectivity index (χ0n) is 18.8. The molecule has 0 saturated carbocycles. The van der Waals surface area contributed by atoms with Crippen LogP contribution in [0.3, 0.4) is 0 Å². The number of aryl methyl sites for hydroxylation is 2. The van der Waals surface area contributed by atoms with Gasteiger partial charge in [-0.3, -0.25) is 0 Å². The van der Waals surface area contributed by atoms with Gasteiger partial charge in [0.25, 0.3) is 0 Å². The van der Waals surface area contributed by atoms with E-state index in [1.54, 1.807) is 45.7 Å². The molecule has 0 aliphatic carbocycles. The molecule has 0 radical (unpaired) electrons. The molecule has 2 aromatic carbocycles. The van der Waals surface area contributed by atoms with Gasteiger partial charge in [0, 0.05) is 16.1 Å². The second-order valence-electron chi connectivity index (χ2n) is 8.70. The van der Waals surface area contributed by atoms with E-state index < -0.39 is 16.1 Å². The van der Waals surface area contributed by atoms with Crippen molar-refractivity contribution in [3.63, 3.8) is 0 Å². The molecule has 0 spiro atoms. The third-order valence-electron chi connectivity index (χ3n) is 7.65.